The molecule has 0 N–H and O–H groups in total. The Hall–Kier alpha value is -0.220. The number of ether oxygens (including phenoxy) is 1. The topological polar surface area (TPSA) is 9.23 Å². The average Bonchev–Trinajstić information content (AvgIpc) is 2.84. The van der Waals surface area contributed by atoms with Crippen LogP contribution in [-0.2, 0) is 0 Å². The van der Waals surface area contributed by atoms with E-state index in [9.17, 15) is 0 Å². The molecule has 0 amide bonds. The molecule has 0 bridgehead atoms. The van der Waals surface area contributed by atoms with Crippen LogP contribution in [0.3, 0.4) is 0 Å². The van der Waals surface area contributed by atoms with Crippen molar-refractivity contribution in [1.82, 2.24) is 0 Å². The first-order chi connectivity index (χ1) is 7.22. The molecule has 0 spiro atoms. The predicted molar refractivity (Wildman–Crippen MR) is 67.9 cm³/mol. The third-order valence-electron chi connectivity index (χ3n) is 1.95. The molecule has 0 saturated heterocycles. The van der Waals surface area contributed by atoms with Gasteiger partial charge in [0, 0.05) is 4.88 Å². The van der Waals surface area contributed by atoms with Crippen LogP contribution in [0.1, 0.15) is 15.1 Å². The van der Waals surface area contributed by atoms with E-state index in [4.69, 9.17) is 27.9 Å². The number of thiophene rings is 2. The normalized spacial score (nSPS) is 12.7. The van der Waals surface area contributed by atoms with Gasteiger partial charge >= 0.3 is 0 Å². The van der Waals surface area contributed by atoms with Gasteiger partial charge in [0.05, 0.1) is 16.3 Å². The minimum atomic E-state index is -0.169. The summed E-state index contributed by atoms with van der Waals surface area (Å²) in [5.41, 5.74) is 0. The fraction of sp³-hybridized carbons (Fsp3) is 0.200. The van der Waals surface area contributed by atoms with Gasteiger partial charge in [-0.05, 0) is 23.6 Å². The molecule has 0 radical (unpaired) electrons. The van der Waals surface area contributed by atoms with E-state index in [1.165, 1.54) is 11.3 Å². The van der Waals surface area contributed by atoms with Crippen molar-refractivity contribution in [2.75, 3.05) is 7.11 Å². The van der Waals surface area contributed by atoms with E-state index in [2.05, 4.69) is 0 Å². The van der Waals surface area contributed by atoms with E-state index in [0.717, 1.165) is 19.8 Å². The monoisotopic (exact) mass is 278 g/mol. The van der Waals surface area contributed by atoms with E-state index < -0.39 is 0 Å². The molecule has 2 rings (SSSR count). The molecular weight excluding hydrogens is 271 g/mol. The van der Waals surface area contributed by atoms with Crippen LogP contribution in [0.2, 0.25) is 4.34 Å². The van der Waals surface area contributed by atoms with Gasteiger partial charge < -0.3 is 4.74 Å². The zero-order valence-electron chi connectivity index (χ0n) is 7.87. The lowest BCUT2D eigenvalue weighted by Crippen LogP contribution is -1.90. The minimum absolute atomic E-state index is 0.169. The highest BCUT2D eigenvalue weighted by molar-refractivity contribution is 7.17. The maximum absolute atomic E-state index is 6.35. The SMILES string of the molecule is COc1ccsc1C(Cl)c1ccc(Cl)s1. The predicted octanol–water partition coefficient (Wildman–Crippen LogP) is 4.80. The van der Waals surface area contributed by atoms with Gasteiger partial charge in [0.25, 0.3) is 0 Å². The molecule has 2 heterocycles. The van der Waals surface area contributed by atoms with Crippen LogP contribution in [0.25, 0.3) is 0 Å². The Morgan fingerprint density at radius 1 is 1.33 bits per heavy atom. The lowest BCUT2D eigenvalue weighted by molar-refractivity contribution is 0.413. The van der Waals surface area contributed by atoms with Gasteiger partial charge in [-0.15, -0.1) is 34.3 Å². The fourth-order valence-corrected chi connectivity index (χ4v) is 3.70. The maximum atomic E-state index is 6.35. The Morgan fingerprint density at radius 3 is 2.73 bits per heavy atom. The molecular formula is C10H8Cl2OS2. The zero-order chi connectivity index (χ0) is 10.8. The van der Waals surface area contributed by atoms with Crippen LogP contribution in [0.5, 0.6) is 5.75 Å². The van der Waals surface area contributed by atoms with Gasteiger partial charge in [-0.1, -0.05) is 11.6 Å². The number of alkyl halides is 1. The van der Waals surface area contributed by atoms with Crippen LogP contribution in [-0.4, -0.2) is 7.11 Å². The first-order valence-corrected chi connectivity index (χ1v) is 6.74. The number of hydrogen-bond donors (Lipinski definition) is 0. The molecule has 80 valence electrons. The fourth-order valence-electron chi connectivity index (χ4n) is 1.26. The minimum Gasteiger partial charge on any atom is -0.496 e. The molecule has 5 heteroatoms. The van der Waals surface area contributed by atoms with Gasteiger partial charge in [-0.25, -0.2) is 0 Å². The summed E-state index contributed by atoms with van der Waals surface area (Å²) in [6.45, 7) is 0. The molecule has 15 heavy (non-hydrogen) atoms. The molecule has 2 aromatic heterocycles. The Bertz CT molecular complexity index is 450. The van der Waals surface area contributed by atoms with Crippen LogP contribution >= 0.6 is 45.9 Å². The van der Waals surface area contributed by atoms with Crippen molar-refractivity contribution in [3.8, 4) is 5.75 Å². The van der Waals surface area contributed by atoms with E-state index >= 15 is 0 Å². The summed E-state index contributed by atoms with van der Waals surface area (Å²) in [4.78, 5) is 2.07. The molecule has 1 atom stereocenters. The first-order valence-electron chi connectivity index (χ1n) is 4.23. The van der Waals surface area contributed by atoms with Gasteiger partial charge in [0.15, 0.2) is 0 Å². The van der Waals surface area contributed by atoms with E-state index in [1.54, 1.807) is 18.4 Å². The second kappa shape index (κ2) is 4.74. The summed E-state index contributed by atoms with van der Waals surface area (Å²) < 4.78 is 5.99. The summed E-state index contributed by atoms with van der Waals surface area (Å²) >= 11 is 15.3. The summed E-state index contributed by atoms with van der Waals surface area (Å²) in [7, 11) is 1.65. The Morgan fingerprint density at radius 2 is 2.13 bits per heavy atom. The molecule has 0 aromatic carbocycles. The second-order valence-corrected chi connectivity index (χ2v) is 5.99. The highest BCUT2D eigenvalue weighted by atomic mass is 35.5. The van der Waals surface area contributed by atoms with Gasteiger partial charge in [-0.3, -0.25) is 0 Å². The average molecular weight is 279 g/mol. The zero-order valence-corrected chi connectivity index (χ0v) is 11.0. The molecule has 0 saturated carbocycles. The largest absolute Gasteiger partial charge is 0.496 e. The van der Waals surface area contributed by atoms with E-state index in [0.29, 0.717) is 0 Å². The molecule has 0 aliphatic carbocycles. The Labute approximate surface area is 106 Å². The van der Waals surface area contributed by atoms with E-state index in [-0.39, 0.29) is 5.38 Å². The van der Waals surface area contributed by atoms with Crippen molar-refractivity contribution in [2.24, 2.45) is 0 Å². The molecule has 1 unspecified atom stereocenters. The number of hydrogen-bond acceptors (Lipinski definition) is 3. The summed E-state index contributed by atoms with van der Waals surface area (Å²) in [5, 5.41) is 1.80. The highest BCUT2D eigenvalue weighted by Gasteiger charge is 2.18. The van der Waals surface area contributed by atoms with Crippen LogP contribution < -0.4 is 4.74 Å². The van der Waals surface area contributed by atoms with Gasteiger partial charge in [0.1, 0.15) is 11.1 Å². The van der Waals surface area contributed by atoms with Crippen LogP contribution in [0.4, 0.5) is 0 Å². The molecule has 1 nitrogen and oxygen atoms in total. The highest BCUT2D eigenvalue weighted by Crippen LogP contribution is 2.42. The van der Waals surface area contributed by atoms with Crippen LogP contribution in [0, 0.1) is 0 Å². The van der Waals surface area contributed by atoms with Crippen molar-refractivity contribution in [3.05, 3.63) is 37.7 Å². The number of methoxy groups -OCH3 is 1. The van der Waals surface area contributed by atoms with Crippen molar-refractivity contribution >= 4 is 45.9 Å². The van der Waals surface area contributed by atoms with Gasteiger partial charge in [0.2, 0.25) is 0 Å². The third-order valence-corrected chi connectivity index (χ3v) is 4.92. The third kappa shape index (κ3) is 2.31. The van der Waals surface area contributed by atoms with Crippen molar-refractivity contribution in [2.45, 2.75) is 5.38 Å². The quantitative estimate of drug-likeness (QED) is 0.733. The van der Waals surface area contributed by atoms with Crippen LogP contribution in [0.15, 0.2) is 23.6 Å². The molecule has 0 aliphatic rings. The number of rotatable bonds is 3. The standard InChI is InChI=1S/C10H8Cl2OS2/c1-13-6-4-5-14-10(6)9(12)7-2-3-8(11)15-7/h2-5,9H,1H3. The number of halogens is 2. The second-order valence-electron chi connectivity index (χ2n) is 2.86. The lowest BCUT2D eigenvalue weighted by Gasteiger charge is -2.07. The molecule has 0 fully saturated rings. The molecule has 0 aliphatic heterocycles. The summed E-state index contributed by atoms with van der Waals surface area (Å²) in [5.74, 6) is 0.838. The Balaban J connectivity index is 2.31. The lowest BCUT2D eigenvalue weighted by atomic mass is 10.3. The smallest absolute Gasteiger partial charge is 0.134 e. The van der Waals surface area contributed by atoms with Crippen molar-refractivity contribution < 1.29 is 4.74 Å². The van der Waals surface area contributed by atoms with E-state index in [1.807, 2.05) is 23.6 Å². The van der Waals surface area contributed by atoms with Crippen molar-refractivity contribution in [3.63, 3.8) is 0 Å². The maximum Gasteiger partial charge on any atom is 0.134 e. The molecule has 2 aromatic rings. The summed E-state index contributed by atoms with van der Waals surface area (Å²) in [6.07, 6.45) is 0. The van der Waals surface area contributed by atoms with Gasteiger partial charge in [-0.2, -0.15) is 0 Å². The first kappa shape index (κ1) is 11.3. The Kier molecular flexibility index (Phi) is 3.57. The van der Waals surface area contributed by atoms with Crippen molar-refractivity contribution in [1.29, 1.82) is 0 Å². The summed E-state index contributed by atoms with van der Waals surface area (Å²) in [6, 6.07) is 5.73.